The molecule has 1 fully saturated rings. The summed E-state index contributed by atoms with van der Waals surface area (Å²) in [5.74, 6) is -0.139. The number of aromatic hydroxyl groups is 1. The zero-order chi connectivity index (χ0) is 20.0. The second kappa shape index (κ2) is 13.1. The van der Waals surface area contributed by atoms with E-state index in [9.17, 15) is 9.90 Å². The number of phenolic OH excluding ortho intramolecular Hbond substituents is 1. The Morgan fingerprint density at radius 3 is 2.32 bits per heavy atom. The first-order valence-corrected chi connectivity index (χ1v) is 10.7. The fourth-order valence-corrected chi connectivity index (χ4v) is 3.44. The summed E-state index contributed by atoms with van der Waals surface area (Å²) in [7, 11) is 0. The van der Waals surface area contributed by atoms with E-state index in [1.807, 2.05) is 6.07 Å². The van der Waals surface area contributed by atoms with E-state index in [0.717, 1.165) is 6.61 Å². The van der Waals surface area contributed by atoms with Crippen LogP contribution in [-0.2, 0) is 4.74 Å². The molecule has 0 spiro atoms. The molecule has 3 heteroatoms. The number of rotatable bonds is 9. The van der Waals surface area contributed by atoms with Gasteiger partial charge in [-0.2, -0.15) is 0 Å². The van der Waals surface area contributed by atoms with Gasteiger partial charge in [-0.3, -0.25) is 4.79 Å². The summed E-state index contributed by atoms with van der Waals surface area (Å²) in [5.41, 5.74) is 0.919. The quantitative estimate of drug-likeness (QED) is 0.396. The van der Waals surface area contributed by atoms with E-state index in [0.29, 0.717) is 17.2 Å². The second-order valence-corrected chi connectivity index (χ2v) is 7.40. The average Bonchev–Trinajstić information content (AvgIpc) is 3.25. The van der Waals surface area contributed by atoms with Crippen LogP contribution in [0.1, 0.15) is 80.6 Å². The third kappa shape index (κ3) is 7.85. The minimum Gasteiger partial charge on any atom is -0.507 e. The van der Waals surface area contributed by atoms with Gasteiger partial charge in [-0.05, 0) is 31.4 Å². The molecule has 0 aromatic heterocycles. The molecule has 0 radical (unpaired) electrons. The largest absolute Gasteiger partial charge is 0.507 e. The number of unbranched alkanes of at least 4 members (excludes halogenated alkanes) is 5. The van der Waals surface area contributed by atoms with Crippen molar-refractivity contribution in [1.82, 2.24) is 0 Å². The Balaban J connectivity index is 0.000000203. The van der Waals surface area contributed by atoms with Crippen molar-refractivity contribution in [2.24, 2.45) is 0 Å². The second-order valence-electron chi connectivity index (χ2n) is 7.40. The number of ketones is 1. The van der Waals surface area contributed by atoms with Crippen molar-refractivity contribution in [2.45, 2.75) is 70.8 Å². The summed E-state index contributed by atoms with van der Waals surface area (Å²) < 4.78 is 5.58. The molecule has 1 aliphatic rings. The highest BCUT2D eigenvalue weighted by Gasteiger charge is 2.14. The number of hydrogen-bond acceptors (Lipinski definition) is 3. The summed E-state index contributed by atoms with van der Waals surface area (Å²) in [5, 5.41) is 9.52. The van der Waals surface area contributed by atoms with Crippen LogP contribution < -0.4 is 0 Å². The smallest absolute Gasteiger partial charge is 0.196 e. The lowest BCUT2D eigenvalue weighted by atomic mass is 10.0. The number of hydrogen-bond donors (Lipinski definition) is 1. The van der Waals surface area contributed by atoms with Gasteiger partial charge in [-0.1, -0.05) is 87.9 Å². The molecule has 3 rings (SSSR count). The molecule has 0 amide bonds. The van der Waals surface area contributed by atoms with Crippen molar-refractivity contribution in [3.05, 3.63) is 65.7 Å². The van der Waals surface area contributed by atoms with Gasteiger partial charge in [0.15, 0.2) is 5.78 Å². The summed E-state index contributed by atoms with van der Waals surface area (Å²) in [6.07, 6.45) is 13.0. The molecule has 0 saturated carbocycles. The lowest BCUT2D eigenvalue weighted by molar-refractivity contribution is 0.102. The maximum atomic E-state index is 11.9. The highest BCUT2D eigenvalue weighted by molar-refractivity contribution is 6.10. The minimum absolute atomic E-state index is 0.0198. The first kappa shape index (κ1) is 22.2. The molecule has 1 saturated heterocycles. The van der Waals surface area contributed by atoms with Crippen molar-refractivity contribution < 1.29 is 14.6 Å². The van der Waals surface area contributed by atoms with Gasteiger partial charge >= 0.3 is 0 Å². The molecule has 2 aromatic carbocycles. The van der Waals surface area contributed by atoms with Gasteiger partial charge in [0.05, 0.1) is 11.7 Å². The normalized spacial score (nSPS) is 15.7. The molecule has 28 heavy (non-hydrogen) atoms. The molecule has 1 aliphatic heterocycles. The van der Waals surface area contributed by atoms with Crippen molar-refractivity contribution in [1.29, 1.82) is 0 Å². The molecule has 1 atom stereocenters. The van der Waals surface area contributed by atoms with E-state index in [4.69, 9.17) is 4.74 Å². The van der Waals surface area contributed by atoms with Crippen molar-refractivity contribution >= 4 is 5.78 Å². The zero-order valence-electron chi connectivity index (χ0n) is 17.1. The van der Waals surface area contributed by atoms with Crippen LogP contribution in [0.3, 0.4) is 0 Å². The fourth-order valence-electron chi connectivity index (χ4n) is 3.44. The Hall–Kier alpha value is -2.13. The Morgan fingerprint density at radius 2 is 1.64 bits per heavy atom. The van der Waals surface area contributed by atoms with E-state index < -0.39 is 0 Å². The minimum atomic E-state index is -0.159. The predicted octanol–water partition coefficient (Wildman–Crippen LogP) is 6.54. The van der Waals surface area contributed by atoms with Crippen molar-refractivity contribution in [3.63, 3.8) is 0 Å². The standard InChI is InChI=1S/C13H10O2.C12H24O/c14-12-9-5-4-8-11(12)13(15)10-6-2-1-3-7-10;1-2-3-4-5-6-7-9-12-10-8-11-13-12/h1-9,14H;12H,2-11H2,1H3. The van der Waals surface area contributed by atoms with E-state index in [1.54, 1.807) is 42.5 Å². The number of carbonyl (C=O) groups is 1. The Labute approximate surface area is 169 Å². The molecule has 1 heterocycles. The van der Waals surface area contributed by atoms with Crippen molar-refractivity contribution in [3.8, 4) is 5.75 Å². The molecule has 0 bridgehead atoms. The summed E-state index contributed by atoms with van der Waals surface area (Å²) in [6.45, 7) is 3.28. The molecule has 152 valence electrons. The van der Waals surface area contributed by atoms with E-state index in [2.05, 4.69) is 6.92 Å². The van der Waals surface area contributed by atoms with Gasteiger partial charge in [0.25, 0.3) is 0 Å². The third-order valence-electron chi connectivity index (χ3n) is 5.09. The zero-order valence-corrected chi connectivity index (χ0v) is 17.1. The van der Waals surface area contributed by atoms with Crippen LogP contribution in [-0.4, -0.2) is 23.6 Å². The monoisotopic (exact) mass is 382 g/mol. The number of phenols is 1. The first-order valence-electron chi connectivity index (χ1n) is 10.7. The molecule has 1 N–H and O–H groups in total. The van der Waals surface area contributed by atoms with Crippen LogP contribution in [0.15, 0.2) is 54.6 Å². The van der Waals surface area contributed by atoms with Gasteiger partial charge in [0, 0.05) is 12.2 Å². The van der Waals surface area contributed by atoms with Crippen LogP contribution in [0, 0.1) is 0 Å². The van der Waals surface area contributed by atoms with E-state index >= 15 is 0 Å². The molecule has 2 aromatic rings. The van der Waals surface area contributed by atoms with E-state index in [1.165, 1.54) is 63.9 Å². The van der Waals surface area contributed by atoms with Crippen LogP contribution in [0.25, 0.3) is 0 Å². The SMILES string of the molecule is CCCCCCCCC1CCCO1.O=C(c1ccccc1)c1ccccc1O. The van der Waals surface area contributed by atoms with Gasteiger partial charge in [-0.15, -0.1) is 0 Å². The lowest BCUT2D eigenvalue weighted by Crippen LogP contribution is -2.03. The predicted molar refractivity (Wildman–Crippen MR) is 115 cm³/mol. The van der Waals surface area contributed by atoms with E-state index in [-0.39, 0.29) is 11.5 Å². The highest BCUT2D eigenvalue weighted by Crippen LogP contribution is 2.20. The Morgan fingerprint density at radius 1 is 0.964 bits per heavy atom. The highest BCUT2D eigenvalue weighted by atomic mass is 16.5. The maximum absolute atomic E-state index is 11.9. The van der Waals surface area contributed by atoms with Crippen LogP contribution in [0.4, 0.5) is 0 Å². The fraction of sp³-hybridized carbons (Fsp3) is 0.480. The van der Waals surface area contributed by atoms with Crippen LogP contribution >= 0.6 is 0 Å². The maximum Gasteiger partial charge on any atom is 0.196 e. The van der Waals surface area contributed by atoms with Crippen LogP contribution in [0.5, 0.6) is 5.75 Å². The molecule has 0 aliphatic carbocycles. The number of para-hydroxylation sites is 1. The molecular weight excluding hydrogens is 348 g/mol. The molecule has 1 unspecified atom stereocenters. The Bertz CT molecular complexity index is 675. The van der Waals surface area contributed by atoms with Crippen molar-refractivity contribution in [2.75, 3.05) is 6.61 Å². The third-order valence-corrected chi connectivity index (χ3v) is 5.09. The van der Waals surface area contributed by atoms with Gasteiger partial charge in [-0.25, -0.2) is 0 Å². The lowest BCUT2D eigenvalue weighted by Gasteiger charge is -2.08. The summed E-state index contributed by atoms with van der Waals surface area (Å²) >= 11 is 0. The number of carbonyl (C=O) groups excluding carboxylic acids is 1. The number of benzene rings is 2. The molecular formula is C25H34O3. The molecule has 3 nitrogen and oxygen atoms in total. The first-order chi connectivity index (χ1) is 13.7. The summed E-state index contributed by atoms with van der Waals surface area (Å²) in [4.78, 5) is 11.9. The van der Waals surface area contributed by atoms with Crippen LogP contribution in [0.2, 0.25) is 0 Å². The topological polar surface area (TPSA) is 46.5 Å². The Kier molecular flexibility index (Phi) is 10.4. The number of ether oxygens (including phenoxy) is 1. The average molecular weight is 383 g/mol. The van der Waals surface area contributed by atoms with Gasteiger partial charge < -0.3 is 9.84 Å². The van der Waals surface area contributed by atoms with Gasteiger partial charge in [0.2, 0.25) is 0 Å². The van der Waals surface area contributed by atoms with Gasteiger partial charge in [0.1, 0.15) is 5.75 Å². The summed E-state index contributed by atoms with van der Waals surface area (Å²) in [6, 6.07) is 15.5.